The Bertz CT molecular complexity index is 243. The number of halogens is 1. The zero-order chi connectivity index (χ0) is 8.81. The normalized spacial score (nSPS) is 9.75. The first kappa shape index (κ1) is 9.42. The quantitative estimate of drug-likeness (QED) is 0.584. The Morgan fingerprint density at radius 2 is 2.00 bits per heavy atom. The summed E-state index contributed by atoms with van der Waals surface area (Å²) in [5.74, 6) is 0. The molecule has 0 aromatic heterocycles. The summed E-state index contributed by atoms with van der Waals surface area (Å²) in [4.78, 5) is 9.92. The Morgan fingerprint density at radius 3 is 2.58 bits per heavy atom. The van der Waals surface area contributed by atoms with Crippen LogP contribution in [0.2, 0.25) is 0 Å². The molecule has 0 bridgehead atoms. The van der Waals surface area contributed by atoms with Crippen molar-refractivity contribution in [2.24, 2.45) is 0 Å². The van der Waals surface area contributed by atoms with Crippen molar-refractivity contribution in [3.63, 3.8) is 0 Å². The number of ether oxygens (including phenoxy) is 1. The average molecular weight is 229 g/mol. The van der Waals surface area contributed by atoms with E-state index in [1.165, 1.54) is 0 Å². The molecular formula is C9H9BrO2. The third-order valence-electron chi connectivity index (χ3n) is 1.37. The van der Waals surface area contributed by atoms with Gasteiger partial charge in [0.15, 0.2) is 0 Å². The largest absolute Gasteiger partial charge is 0.369 e. The molecule has 0 saturated heterocycles. The summed E-state index contributed by atoms with van der Waals surface area (Å²) in [6, 6.07) is 7.79. The molecule has 0 atom stereocenters. The number of benzene rings is 1. The van der Waals surface area contributed by atoms with E-state index >= 15 is 0 Å². The Kier molecular flexibility index (Phi) is 3.97. The molecule has 1 rings (SSSR count). The van der Waals surface area contributed by atoms with Crippen LogP contribution in [-0.2, 0) is 16.1 Å². The first-order chi connectivity index (χ1) is 5.83. The van der Waals surface area contributed by atoms with Crippen molar-refractivity contribution in [2.75, 3.05) is 6.61 Å². The number of carbonyl (C=O) groups is 1. The lowest BCUT2D eigenvalue weighted by molar-refractivity contribution is -0.112. The molecule has 1 aromatic carbocycles. The Balaban J connectivity index is 2.42. The van der Waals surface area contributed by atoms with Crippen molar-refractivity contribution in [1.82, 2.24) is 0 Å². The van der Waals surface area contributed by atoms with Gasteiger partial charge in [0, 0.05) is 4.47 Å². The number of rotatable bonds is 4. The van der Waals surface area contributed by atoms with Gasteiger partial charge in [-0.25, -0.2) is 0 Å². The van der Waals surface area contributed by atoms with E-state index in [1.807, 2.05) is 24.3 Å². The molecule has 0 radical (unpaired) electrons. The fourth-order valence-electron chi connectivity index (χ4n) is 0.806. The Hall–Kier alpha value is -0.670. The molecule has 0 fully saturated rings. The van der Waals surface area contributed by atoms with Gasteiger partial charge >= 0.3 is 0 Å². The lowest BCUT2D eigenvalue weighted by atomic mass is 10.2. The Labute approximate surface area is 79.7 Å². The molecular weight excluding hydrogens is 220 g/mol. The average Bonchev–Trinajstić information content (AvgIpc) is 2.09. The van der Waals surface area contributed by atoms with Crippen LogP contribution in [0.1, 0.15) is 5.56 Å². The smallest absolute Gasteiger partial charge is 0.145 e. The van der Waals surface area contributed by atoms with Crippen molar-refractivity contribution in [3.05, 3.63) is 34.3 Å². The Morgan fingerprint density at radius 1 is 1.33 bits per heavy atom. The van der Waals surface area contributed by atoms with Gasteiger partial charge in [0.05, 0.1) is 6.61 Å². The van der Waals surface area contributed by atoms with Crippen LogP contribution < -0.4 is 0 Å². The molecule has 12 heavy (non-hydrogen) atoms. The van der Waals surface area contributed by atoms with Crippen molar-refractivity contribution < 1.29 is 9.53 Å². The van der Waals surface area contributed by atoms with Crippen LogP contribution in [0.25, 0.3) is 0 Å². The number of carbonyl (C=O) groups excluding carboxylic acids is 1. The molecule has 3 heteroatoms. The van der Waals surface area contributed by atoms with Gasteiger partial charge in [0.2, 0.25) is 0 Å². The van der Waals surface area contributed by atoms with Crippen molar-refractivity contribution in [1.29, 1.82) is 0 Å². The summed E-state index contributed by atoms with van der Waals surface area (Å²) in [6.45, 7) is 0.655. The van der Waals surface area contributed by atoms with E-state index in [0.29, 0.717) is 6.61 Å². The topological polar surface area (TPSA) is 26.3 Å². The summed E-state index contributed by atoms with van der Waals surface area (Å²) < 4.78 is 6.07. The van der Waals surface area contributed by atoms with E-state index in [-0.39, 0.29) is 6.61 Å². The van der Waals surface area contributed by atoms with E-state index < -0.39 is 0 Å². The predicted molar refractivity (Wildman–Crippen MR) is 49.9 cm³/mol. The zero-order valence-electron chi connectivity index (χ0n) is 6.50. The molecule has 0 aliphatic heterocycles. The highest BCUT2D eigenvalue weighted by Gasteiger charge is 1.91. The predicted octanol–water partition coefficient (Wildman–Crippen LogP) is 2.16. The maximum absolute atomic E-state index is 9.92. The maximum Gasteiger partial charge on any atom is 0.145 e. The minimum absolute atomic E-state index is 0.163. The second-order valence-corrected chi connectivity index (χ2v) is 3.22. The van der Waals surface area contributed by atoms with E-state index in [9.17, 15) is 4.79 Å². The fraction of sp³-hybridized carbons (Fsp3) is 0.222. The van der Waals surface area contributed by atoms with Gasteiger partial charge in [0.1, 0.15) is 12.9 Å². The van der Waals surface area contributed by atoms with Crippen LogP contribution in [0.15, 0.2) is 28.7 Å². The van der Waals surface area contributed by atoms with Gasteiger partial charge < -0.3 is 9.53 Å². The molecule has 1 aromatic rings. The van der Waals surface area contributed by atoms with Crippen LogP contribution in [0.5, 0.6) is 0 Å². The van der Waals surface area contributed by atoms with Crippen molar-refractivity contribution in [2.45, 2.75) is 6.61 Å². The standard InChI is InChI=1S/C9H9BrO2/c10-9-3-1-8(2-4-9)7-12-6-5-11/h1-5H,6-7H2. The van der Waals surface area contributed by atoms with E-state index in [0.717, 1.165) is 16.3 Å². The second kappa shape index (κ2) is 5.06. The first-order valence-corrected chi connectivity index (χ1v) is 4.38. The number of aldehydes is 1. The first-order valence-electron chi connectivity index (χ1n) is 3.59. The van der Waals surface area contributed by atoms with Crippen molar-refractivity contribution in [3.8, 4) is 0 Å². The molecule has 0 aliphatic rings. The zero-order valence-corrected chi connectivity index (χ0v) is 8.08. The lowest BCUT2D eigenvalue weighted by Crippen LogP contribution is -1.95. The minimum atomic E-state index is 0.163. The third-order valence-corrected chi connectivity index (χ3v) is 1.90. The van der Waals surface area contributed by atoms with Gasteiger partial charge in [-0.2, -0.15) is 0 Å². The van der Waals surface area contributed by atoms with E-state index in [4.69, 9.17) is 4.74 Å². The lowest BCUT2D eigenvalue weighted by Gasteiger charge is -1.99. The highest BCUT2D eigenvalue weighted by Crippen LogP contribution is 2.10. The SMILES string of the molecule is O=CCOCc1ccc(Br)cc1. The monoisotopic (exact) mass is 228 g/mol. The molecule has 0 N–H and O–H groups in total. The van der Waals surface area contributed by atoms with Gasteiger partial charge in [0.25, 0.3) is 0 Å². The molecule has 2 nitrogen and oxygen atoms in total. The van der Waals surface area contributed by atoms with Crippen LogP contribution in [0, 0.1) is 0 Å². The fourth-order valence-corrected chi connectivity index (χ4v) is 1.07. The second-order valence-electron chi connectivity index (χ2n) is 2.31. The maximum atomic E-state index is 9.92. The summed E-state index contributed by atoms with van der Waals surface area (Å²) in [5, 5.41) is 0. The van der Waals surface area contributed by atoms with Gasteiger partial charge in [-0.1, -0.05) is 28.1 Å². The summed E-state index contributed by atoms with van der Waals surface area (Å²) in [7, 11) is 0. The molecule has 0 saturated carbocycles. The highest BCUT2D eigenvalue weighted by molar-refractivity contribution is 9.10. The molecule has 64 valence electrons. The summed E-state index contributed by atoms with van der Waals surface area (Å²) >= 11 is 3.33. The van der Waals surface area contributed by atoms with Crippen LogP contribution in [0.3, 0.4) is 0 Å². The number of hydrogen-bond donors (Lipinski definition) is 0. The number of hydrogen-bond acceptors (Lipinski definition) is 2. The molecule has 0 unspecified atom stereocenters. The van der Waals surface area contributed by atoms with E-state index in [1.54, 1.807) is 0 Å². The van der Waals surface area contributed by atoms with Crippen LogP contribution in [0.4, 0.5) is 0 Å². The molecule has 0 heterocycles. The highest BCUT2D eigenvalue weighted by atomic mass is 79.9. The molecule has 0 amide bonds. The van der Waals surface area contributed by atoms with E-state index in [2.05, 4.69) is 15.9 Å². The van der Waals surface area contributed by atoms with Crippen molar-refractivity contribution >= 4 is 22.2 Å². The summed E-state index contributed by atoms with van der Waals surface area (Å²) in [5.41, 5.74) is 1.07. The van der Waals surface area contributed by atoms with Gasteiger partial charge in [-0.3, -0.25) is 0 Å². The molecule has 0 spiro atoms. The molecule has 0 aliphatic carbocycles. The van der Waals surface area contributed by atoms with Gasteiger partial charge in [-0.15, -0.1) is 0 Å². The van der Waals surface area contributed by atoms with Gasteiger partial charge in [-0.05, 0) is 17.7 Å². The van der Waals surface area contributed by atoms with Crippen LogP contribution >= 0.6 is 15.9 Å². The minimum Gasteiger partial charge on any atom is -0.369 e. The third kappa shape index (κ3) is 3.15. The van der Waals surface area contributed by atoms with Crippen LogP contribution in [-0.4, -0.2) is 12.9 Å². The summed E-state index contributed by atoms with van der Waals surface area (Å²) in [6.07, 6.45) is 0.749.